The van der Waals surface area contributed by atoms with E-state index in [4.69, 9.17) is 16.9 Å². The van der Waals surface area contributed by atoms with Gasteiger partial charge in [0.2, 0.25) is 5.91 Å². The molecule has 0 fully saturated rings. The molecule has 1 aromatic carbocycles. The van der Waals surface area contributed by atoms with Crippen molar-refractivity contribution in [3.8, 4) is 6.07 Å². The van der Waals surface area contributed by atoms with E-state index in [1.54, 1.807) is 32.2 Å². The highest BCUT2D eigenvalue weighted by molar-refractivity contribution is 6.32. The summed E-state index contributed by atoms with van der Waals surface area (Å²) >= 11 is 5.86. The molecule has 0 aliphatic rings. The van der Waals surface area contributed by atoms with Crippen molar-refractivity contribution in [2.45, 2.75) is 13.0 Å². The Kier molecular flexibility index (Phi) is 4.15. The number of anilines is 1. The first kappa shape index (κ1) is 12.3. The van der Waals surface area contributed by atoms with E-state index in [9.17, 15) is 4.79 Å². The molecule has 1 atom stereocenters. The maximum absolute atomic E-state index is 11.3. The molecule has 84 valence electrons. The lowest BCUT2D eigenvalue weighted by Gasteiger charge is -2.13. The van der Waals surface area contributed by atoms with Crippen LogP contribution in [0, 0.1) is 11.3 Å². The summed E-state index contributed by atoms with van der Waals surface area (Å²) in [5.41, 5.74) is 1.12. The summed E-state index contributed by atoms with van der Waals surface area (Å²) in [5.74, 6) is -0.111. The van der Waals surface area contributed by atoms with Gasteiger partial charge in [-0.15, -0.1) is 0 Å². The van der Waals surface area contributed by atoms with E-state index in [0.29, 0.717) is 16.3 Å². The summed E-state index contributed by atoms with van der Waals surface area (Å²) in [4.78, 5) is 11.3. The van der Waals surface area contributed by atoms with Crippen molar-refractivity contribution in [2.24, 2.45) is 0 Å². The van der Waals surface area contributed by atoms with Crippen molar-refractivity contribution in [1.82, 2.24) is 5.32 Å². The standard InChI is InChI=1S/C11H12ClN3O/c1-7(11(16)14-2)15-9-4-3-8(6-13)10(12)5-9/h3-5,7,15H,1-2H3,(H,14,16). The van der Waals surface area contributed by atoms with Crippen LogP contribution in [0.5, 0.6) is 0 Å². The number of carbonyl (C=O) groups excluding carboxylic acids is 1. The van der Waals surface area contributed by atoms with E-state index in [1.165, 1.54) is 0 Å². The van der Waals surface area contributed by atoms with Gasteiger partial charge in [0, 0.05) is 12.7 Å². The van der Waals surface area contributed by atoms with Crippen LogP contribution in [0.15, 0.2) is 18.2 Å². The third-order valence-electron chi connectivity index (χ3n) is 2.11. The highest BCUT2D eigenvalue weighted by Gasteiger charge is 2.10. The Labute approximate surface area is 99.2 Å². The third kappa shape index (κ3) is 2.88. The van der Waals surface area contributed by atoms with Gasteiger partial charge in [0.05, 0.1) is 10.6 Å². The van der Waals surface area contributed by atoms with Crippen molar-refractivity contribution < 1.29 is 4.79 Å². The van der Waals surface area contributed by atoms with Gasteiger partial charge >= 0.3 is 0 Å². The van der Waals surface area contributed by atoms with E-state index in [0.717, 1.165) is 0 Å². The number of hydrogen-bond donors (Lipinski definition) is 2. The van der Waals surface area contributed by atoms with Crippen LogP contribution >= 0.6 is 11.6 Å². The number of hydrogen-bond acceptors (Lipinski definition) is 3. The van der Waals surface area contributed by atoms with Gasteiger partial charge in [0.1, 0.15) is 12.1 Å². The van der Waals surface area contributed by atoms with Gasteiger partial charge in [-0.05, 0) is 25.1 Å². The zero-order valence-corrected chi connectivity index (χ0v) is 9.80. The summed E-state index contributed by atoms with van der Waals surface area (Å²) in [5, 5.41) is 14.6. The summed E-state index contributed by atoms with van der Waals surface area (Å²) in [6, 6.07) is 6.57. The fourth-order valence-corrected chi connectivity index (χ4v) is 1.45. The molecule has 0 radical (unpaired) electrons. The van der Waals surface area contributed by atoms with Crippen LogP contribution in [0.25, 0.3) is 0 Å². The zero-order valence-electron chi connectivity index (χ0n) is 9.04. The Morgan fingerprint density at radius 2 is 2.25 bits per heavy atom. The lowest BCUT2D eigenvalue weighted by molar-refractivity contribution is -0.121. The van der Waals surface area contributed by atoms with Gasteiger partial charge in [-0.1, -0.05) is 11.6 Å². The van der Waals surface area contributed by atoms with Gasteiger partial charge in [0.15, 0.2) is 0 Å². The van der Waals surface area contributed by atoms with E-state index in [2.05, 4.69) is 10.6 Å². The molecule has 0 aromatic heterocycles. The fraction of sp³-hybridized carbons (Fsp3) is 0.273. The predicted molar refractivity (Wildman–Crippen MR) is 63.3 cm³/mol. The van der Waals surface area contributed by atoms with E-state index >= 15 is 0 Å². The maximum Gasteiger partial charge on any atom is 0.241 e. The molecule has 0 bridgehead atoms. The van der Waals surface area contributed by atoms with E-state index in [1.807, 2.05) is 6.07 Å². The molecule has 16 heavy (non-hydrogen) atoms. The smallest absolute Gasteiger partial charge is 0.241 e. The van der Waals surface area contributed by atoms with Crippen LogP contribution in [0.4, 0.5) is 5.69 Å². The van der Waals surface area contributed by atoms with Crippen LogP contribution in [-0.2, 0) is 4.79 Å². The number of carbonyl (C=O) groups is 1. The normalized spacial score (nSPS) is 11.4. The first-order chi connectivity index (χ1) is 7.58. The van der Waals surface area contributed by atoms with Crippen LogP contribution in [0.3, 0.4) is 0 Å². The van der Waals surface area contributed by atoms with Gasteiger partial charge in [0.25, 0.3) is 0 Å². The van der Waals surface area contributed by atoms with Gasteiger partial charge < -0.3 is 10.6 Å². The van der Waals surface area contributed by atoms with Gasteiger partial charge in [-0.25, -0.2) is 0 Å². The summed E-state index contributed by atoms with van der Waals surface area (Å²) in [6.07, 6.45) is 0. The summed E-state index contributed by atoms with van der Waals surface area (Å²) in [7, 11) is 1.58. The Bertz CT molecular complexity index is 439. The molecule has 0 saturated carbocycles. The third-order valence-corrected chi connectivity index (χ3v) is 2.43. The molecule has 0 heterocycles. The number of likely N-dealkylation sites (N-methyl/N-ethyl adjacent to an activating group) is 1. The lowest BCUT2D eigenvalue weighted by Crippen LogP contribution is -2.35. The molecule has 0 saturated heterocycles. The number of halogens is 1. The van der Waals surface area contributed by atoms with Crippen LogP contribution in [0.2, 0.25) is 5.02 Å². The Hall–Kier alpha value is -1.73. The average molecular weight is 238 g/mol. The minimum Gasteiger partial charge on any atom is -0.374 e. The SMILES string of the molecule is CNC(=O)C(C)Nc1ccc(C#N)c(Cl)c1. The first-order valence-electron chi connectivity index (χ1n) is 4.76. The number of nitriles is 1. The molecule has 2 N–H and O–H groups in total. The Morgan fingerprint density at radius 3 is 2.75 bits per heavy atom. The van der Waals surface area contributed by atoms with Crippen molar-refractivity contribution in [1.29, 1.82) is 5.26 Å². The molecular formula is C11H12ClN3O. The van der Waals surface area contributed by atoms with E-state index < -0.39 is 0 Å². The number of nitrogens with one attached hydrogen (secondary N) is 2. The molecule has 1 aromatic rings. The second-order valence-corrected chi connectivity index (χ2v) is 3.69. The molecule has 0 aliphatic heterocycles. The molecular weight excluding hydrogens is 226 g/mol. The minimum absolute atomic E-state index is 0.111. The molecule has 1 amide bonds. The van der Waals surface area contributed by atoms with Gasteiger partial charge in [-0.3, -0.25) is 4.79 Å². The van der Waals surface area contributed by atoms with Crippen molar-refractivity contribution >= 4 is 23.2 Å². The highest BCUT2D eigenvalue weighted by atomic mass is 35.5. The topological polar surface area (TPSA) is 64.9 Å². The quantitative estimate of drug-likeness (QED) is 0.842. The largest absolute Gasteiger partial charge is 0.374 e. The van der Waals surface area contributed by atoms with Gasteiger partial charge in [-0.2, -0.15) is 5.26 Å². The number of amides is 1. The summed E-state index contributed by atoms with van der Waals surface area (Å²) in [6.45, 7) is 1.74. The molecule has 1 rings (SSSR count). The molecule has 0 spiro atoms. The molecule has 4 nitrogen and oxygen atoms in total. The first-order valence-corrected chi connectivity index (χ1v) is 5.14. The maximum atomic E-state index is 11.3. The Morgan fingerprint density at radius 1 is 1.56 bits per heavy atom. The van der Waals surface area contributed by atoms with Crippen molar-refractivity contribution in [2.75, 3.05) is 12.4 Å². The van der Waals surface area contributed by atoms with Crippen LogP contribution in [0.1, 0.15) is 12.5 Å². The van der Waals surface area contributed by atoms with Crippen LogP contribution < -0.4 is 10.6 Å². The van der Waals surface area contributed by atoms with E-state index in [-0.39, 0.29) is 11.9 Å². The molecule has 1 unspecified atom stereocenters. The average Bonchev–Trinajstić information content (AvgIpc) is 2.28. The minimum atomic E-state index is -0.353. The zero-order chi connectivity index (χ0) is 12.1. The predicted octanol–water partition coefficient (Wildman–Crippen LogP) is 1.76. The second kappa shape index (κ2) is 5.38. The highest BCUT2D eigenvalue weighted by Crippen LogP contribution is 2.20. The Balaban J connectivity index is 2.80. The molecule has 0 aliphatic carbocycles. The summed E-state index contributed by atoms with van der Waals surface area (Å²) < 4.78 is 0. The second-order valence-electron chi connectivity index (χ2n) is 3.29. The lowest BCUT2D eigenvalue weighted by atomic mass is 10.2. The number of nitrogens with zero attached hydrogens (tertiary/aromatic N) is 1. The number of benzene rings is 1. The van der Waals surface area contributed by atoms with Crippen LogP contribution in [-0.4, -0.2) is 19.0 Å². The fourth-order valence-electron chi connectivity index (χ4n) is 1.23. The monoisotopic (exact) mass is 237 g/mol. The van der Waals surface area contributed by atoms with Crippen molar-refractivity contribution in [3.63, 3.8) is 0 Å². The number of rotatable bonds is 3. The van der Waals surface area contributed by atoms with Crippen molar-refractivity contribution in [3.05, 3.63) is 28.8 Å². The molecule has 5 heteroatoms.